The zero-order valence-electron chi connectivity index (χ0n) is 12.4. The number of rotatable bonds is 1. The van der Waals surface area contributed by atoms with Crippen LogP contribution in [0.2, 0.25) is 0 Å². The zero-order valence-corrected chi connectivity index (χ0v) is 12.4. The van der Waals surface area contributed by atoms with Crippen LogP contribution in [0.3, 0.4) is 0 Å². The maximum atomic E-state index is 12.8. The molecule has 1 fully saturated rings. The van der Waals surface area contributed by atoms with Gasteiger partial charge in [0.2, 0.25) is 0 Å². The molecule has 4 nitrogen and oxygen atoms in total. The highest BCUT2D eigenvalue weighted by Gasteiger charge is 2.24. The van der Waals surface area contributed by atoms with Gasteiger partial charge in [0, 0.05) is 44.3 Å². The van der Waals surface area contributed by atoms with Crippen molar-refractivity contribution in [3.63, 3.8) is 0 Å². The van der Waals surface area contributed by atoms with E-state index in [1.807, 2.05) is 24.9 Å². The van der Waals surface area contributed by atoms with Crippen LogP contribution < -0.4 is 5.32 Å². The Labute approximate surface area is 119 Å². The third kappa shape index (κ3) is 1.91. The van der Waals surface area contributed by atoms with E-state index >= 15 is 0 Å². The van der Waals surface area contributed by atoms with Crippen molar-refractivity contribution in [2.24, 2.45) is 7.05 Å². The summed E-state index contributed by atoms with van der Waals surface area (Å²) in [5.41, 5.74) is 4.31. The number of para-hydroxylation sites is 1. The minimum atomic E-state index is 0.167. The number of fused-ring (bicyclic) bond motifs is 1. The Morgan fingerprint density at radius 1 is 1.20 bits per heavy atom. The quantitative estimate of drug-likeness (QED) is 0.859. The van der Waals surface area contributed by atoms with Gasteiger partial charge in [0.1, 0.15) is 0 Å². The molecule has 0 bridgehead atoms. The van der Waals surface area contributed by atoms with Gasteiger partial charge in [-0.3, -0.25) is 4.79 Å². The van der Waals surface area contributed by atoms with Gasteiger partial charge in [-0.2, -0.15) is 0 Å². The second-order valence-corrected chi connectivity index (χ2v) is 5.53. The molecule has 0 unspecified atom stereocenters. The minimum Gasteiger partial charge on any atom is -0.347 e. The molecule has 2 aromatic rings. The molecule has 20 heavy (non-hydrogen) atoms. The molecule has 2 heterocycles. The predicted octanol–water partition coefficient (Wildman–Crippen LogP) is 1.84. The maximum Gasteiger partial charge on any atom is 0.256 e. The van der Waals surface area contributed by atoms with E-state index in [2.05, 4.69) is 28.9 Å². The number of aryl methyl sites for hydroxylation is 2. The fourth-order valence-corrected chi connectivity index (χ4v) is 3.13. The summed E-state index contributed by atoms with van der Waals surface area (Å²) < 4.78 is 2.14. The molecule has 1 saturated heterocycles. The summed E-state index contributed by atoms with van der Waals surface area (Å²) in [5, 5.41) is 4.37. The number of carbonyl (C=O) groups is 1. The SMILES string of the molecule is Cc1cccc2c(C(=O)N3CCNCC3)c(C)n(C)c12. The van der Waals surface area contributed by atoms with Gasteiger partial charge in [-0.1, -0.05) is 18.2 Å². The van der Waals surface area contributed by atoms with Gasteiger partial charge in [0.15, 0.2) is 0 Å². The molecular formula is C16H21N3O. The predicted molar refractivity (Wildman–Crippen MR) is 81.2 cm³/mol. The Balaban J connectivity index is 2.13. The van der Waals surface area contributed by atoms with Gasteiger partial charge in [-0.05, 0) is 19.4 Å². The van der Waals surface area contributed by atoms with Crippen LogP contribution >= 0.6 is 0 Å². The summed E-state index contributed by atoms with van der Waals surface area (Å²) in [5.74, 6) is 0.167. The first-order chi connectivity index (χ1) is 9.61. The highest BCUT2D eigenvalue weighted by Crippen LogP contribution is 2.28. The number of carbonyl (C=O) groups excluding carboxylic acids is 1. The number of benzene rings is 1. The van der Waals surface area contributed by atoms with E-state index in [0.29, 0.717) is 0 Å². The Bertz CT molecular complexity index is 666. The van der Waals surface area contributed by atoms with Gasteiger partial charge >= 0.3 is 0 Å². The number of amides is 1. The number of nitrogens with zero attached hydrogens (tertiary/aromatic N) is 2. The number of piperazine rings is 1. The van der Waals surface area contributed by atoms with E-state index in [0.717, 1.165) is 42.8 Å². The van der Waals surface area contributed by atoms with E-state index in [-0.39, 0.29) is 5.91 Å². The number of hydrogen-bond acceptors (Lipinski definition) is 2. The first-order valence-corrected chi connectivity index (χ1v) is 7.16. The van der Waals surface area contributed by atoms with Crippen molar-refractivity contribution in [1.82, 2.24) is 14.8 Å². The van der Waals surface area contributed by atoms with Crippen LogP contribution in [0.25, 0.3) is 10.9 Å². The van der Waals surface area contributed by atoms with E-state index in [1.54, 1.807) is 0 Å². The Kier molecular flexibility index (Phi) is 3.26. The average molecular weight is 271 g/mol. The number of hydrogen-bond donors (Lipinski definition) is 1. The lowest BCUT2D eigenvalue weighted by atomic mass is 10.1. The summed E-state index contributed by atoms with van der Waals surface area (Å²) in [4.78, 5) is 14.8. The zero-order chi connectivity index (χ0) is 14.3. The van der Waals surface area contributed by atoms with Crippen molar-refractivity contribution in [3.05, 3.63) is 35.0 Å². The lowest BCUT2D eigenvalue weighted by molar-refractivity contribution is 0.0737. The highest BCUT2D eigenvalue weighted by molar-refractivity contribution is 6.09. The molecule has 1 amide bonds. The monoisotopic (exact) mass is 271 g/mol. The van der Waals surface area contributed by atoms with Gasteiger partial charge < -0.3 is 14.8 Å². The third-order valence-electron chi connectivity index (χ3n) is 4.33. The maximum absolute atomic E-state index is 12.8. The summed E-state index contributed by atoms with van der Waals surface area (Å²) in [6, 6.07) is 6.19. The summed E-state index contributed by atoms with van der Waals surface area (Å²) in [6.45, 7) is 7.49. The van der Waals surface area contributed by atoms with Crippen LogP contribution in [0.5, 0.6) is 0 Å². The molecule has 4 heteroatoms. The van der Waals surface area contributed by atoms with Crippen LogP contribution in [-0.2, 0) is 7.05 Å². The fraction of sp³-hybridized carbons (Fsp3) is 0.438. The molecule has 0 atom stereocenters. The van der Waals surface area contributed by atoms with Crippen molar-refractivity contribution in [2.75, 3.05) is 26.2 Å². The minimum absolute atomic E-state index is 0.167. The topological polar surface area (TPSA) is 37.3 Å². The van der Waals surface area contributed by atoms with Crippen LogP contribution in [-0.4, -0.2) is 41.6 Å². The summed E-state index contributed by atoms with van der Waals surface area (Å²) >= 11 is 0. The van der Waals surface area contributed by atoms with Gasteiger partial charge in [-0.25, -0.2) is 0 Å². The molecule has 1 aromatic heterocycles. The largest absolute Gasteiger partial charge is 0.347 e. The Morgan fingerprint density at radius 2 is 1.90 bits per heavy atom. The molecule has 0 spiro atoms. The van der Waals surface area contributed by atoms with Crippen molar-refractivity contribution in [2.45, 2.75) is 13.8 Å². The molecule has 0 aliphatic carbocycles. The molecule has 1 aliphatic heterocycles. The first-order valence-electron chi connectivity index (χ1n) is 7.16. The Morgan fingerprint density at radius 3 is 2.60 bits per heavy atom. The molecule has 1 aliphatic rings. The number of aromatic nitrogens is 1. The highest BCUT2D eigenvalue weighted by atomic mass is 16.2. The van der Waals surface area contributed by atoms with Crippen molar-refractivity contribution in [3.8, 4) is 0 Å². The van der Waals surface area contributed by atoms with E-state index < -0.39 is 0 Å². The fourth-order valence-electron chi connectivity index (χ4n) is 3.13. The average Bonchev–Trinajstić information content (AvgIpc) is 2.72. The third-order valence-corrected chi connectivity index (χ3v) is 4.33. The van der Waals surface area contributed by atoms with Crippen molar-refractivity contribution < 1.29 is 4.79 Å². The summed E-state index contributed by atoms with van der Waals surface area (Å²) in [6.07, 6.45) is 0. The second-order valence-electron chi connectivity index (χ2n) is 5.53. The lowest BCUT2D eigenvalue weighted by Crippen LogP contribution is -2.46. The van der Waals surface area contributed by atoms with Crippen molar-refractivity contribution >= 4 is 16.8 Å². The van der Waals surface area contributed by atoms with Crippen LogP contribution in [0, 0.1) is 13.8 Å². The molecule has 0 radical (unpaired) electrons. The normalized spacial score (nSPS) is 15.8. The van der Waals surface area contributed by atoms with E-state index in [4.69, 9.17) is 0 Å². The first kappa shape index (κ1) is 13.2. The molecule has 106 valence electrons. The molecule has 0 saturated carbocycles. The molecule has 1 N–H and O–H groups in total. The van der Waals surface area contributed by atoms with E-state index in [1.165, 1.54) is 11.1 Å². The Hall–Kier alpha value is -1.81. The molecular weight excluding hydrogens is 250 g/mol. The van der Waals surface area contributed by atoms with Gasteiger partial charge in [0.25, 0.3) is 5.91 Å². The smallest absolute Gasteiger partial charge is 0.256 e. The number of nitrogens with one attached hydrogen (secondary N) is 1. The van der Waals surface area contributed by atoms with Crippen molar-refractivity contribution in [1.29, 1.82) is 0 Å². The standard InChI is InChI=1S/C16H21N3O/c1-11-5-4-6-13-14(12(2)18(3)15(11)13)16(20)19-9-7-17-8-10-19/h4-6,17H,7-10H2,1-3H3. The van der Waals surface area contributed by atoms with Crippen LogP contribution in [0.4, 0.5) is 0 Å². The summed E-state index contributed by atoms with van der Waals surface area (Å²) in [7, 11) is 2.04. The lowest BCUT2D eigenvalue weighted by Gasteiger charge is -2.27. The molecule has 1 aromatic carbocycles. The second kappa shape index (κ2) is 4.94. The molecule has 3 rings (SSSR count). The van der Waals surface area contributed by atoms with Crippen LogP contribution in [0.15, 0.2) is 18.2 Å². The van der Waals surface area contributed by atoms with Gasteiger partial charge in [0.05, 0.1) is 11.1 Å². The van der Waals surface area contributed by atoms with E-state index in [9.17, 15) is 4.79 Å². The van der Waals surface area contributed by atoms with Crippen LogP contribution in [0.1, 0.15) is 21.6 Å². The van der Waals surface area contributed by atoms with Gasteiger partial charge in [-0.15, -0.1) is 0 Å².